The van der Waals surface area contributed by atoms with Gasteiger partial charge in [0.05, 0.1) is 7.11 Å². The predicted molar refractivity (Wildman–Crippen MR) is 105 cm³/mol. The maximum atomic E-state index is 5.95. The van der Waals surface area contributed by atoms with Crippen LogP contribution in [0.3, 0.4) is 0 Å². The molecule has 2 aromatic carbocycles. The molecule has 0 bridgehead atoms. The monoisotopic (exact) mass is 366 g/mol. The van der Waals surface area contributed by atoms with Crippen molar-refractivity contribution in [3.63, 3.8) is 0 Å². The van der Waals surface area contributed by atoms with Crippen molar-refractivity contribution < 1.29 is 9.47 Å². The van der Waals surface area contributed by atoms with Crippen LogP contribution in [0.2, 0.25) is 0 Å². The Bertz CT molecular complexity index is 883. The fraction of sp³-hybridized carbons (Fsp3) is 0.238. The number of aryl methyl sites for hydroxylation is 2. The van der Waals surface area contributed by atoms with Gasteiger partial charge in [0, 0.05) is 17.5 Å². The minimum atomic E-state index is 0.568. The summed E-state index contributed by atoms with van der Waals surface area (Å²) in [7, 11) is 1.67. The number of methoxy groups -OCH3 is 1. The Kier molecular flexibility index (Phi) is 6.12. The van der Waals surface area contributed by atoms with E-state index in [9.17, 15) is 0 Å². The zero-order chi connectivity index (χ0) is 18.4. The van der Waals surface area contributed by atoms with E-state index in [0.717, 1.165) is 34.9 Å². The molecule has 134 valence electrons. The maximum absolute atomic E-state index is 5.95. The second-order valence-electron chi connectivity index (χ2n) is 5.87. The Morgan fingerprint density at radius 2 is 1.65 bits per heavy atom. The fourth-order valence-electron chi connectivity index (χ4n) is 2.49. The molecule has 0 aliphatic carbocycles. The highest BCUT2D eigenvalue weighted by Gasteiger charge is 2.07. The highest BCUT2D eigenvalue weighted by Crippen LogP contribution is 2.26. The zero-order valence-corrected chi connectivity index (χ0v) is 16.0. The molecular formula is C21H22N2O2S. The normalized spacial score (nSPS) is 10.6. The molecule has 1 heterocycles. The van der Waals surface area contributed by atoms with Gasteiger partial charge in [0.1, 0.15) is 11.5 Å². The first-order chi connectivity index (χ1) is 12.7. The lowest BCUT2D eigenvalue weighted by molar-refractivity contribution is 0.414. The number of hydrogen-bond donors (Lipinski definition) is 0. The van der Waals surface area contributed by atoms with Crippen LogP contribution in [0.15, 0.2) is 59.8 Å². The van der Waals surface area contributed by atoms with E-state index < -0.39 is 0 Å². The summed E-state index contributed by atoms with van der Waals surface area (Å²) >= 11 is 1.58. The van der Waals surface area contributed by atoms with Crippen molar-refractivity contribution in [2.45, 2.75) is 31.2 Å². The van der Waals surface area contributed by atoms with E-state index in [1.54, 1.807) is 18.9 Å². The second-order valence-corrected chi connectivity index (χ2v) is 6.82. The third-order valence-electron chi connectivity index (χ3n) is 3.84. The van der Waals surface area contributed by atoms with E-state index in [0.29, 0.717) is 11.0 Å². The quantitative estimate of drug-likeness (QED) is 0.411. The number of aromatic nitrogens is 2. The van der Waals surface area contributed by atoms with E-state index in [1.807, 2.05) is 49.4 Å². The van der Waals surface area contributed by atoms with E-state index in [-0.39, 0.29) is 0 Å². The van der Waals surface area contributed by atoms with Gasteiger partial charge in [-0.2, -0.15) is 4.98 Å². The van der Waals surface area contributed by atoms with Gasteiger partial charge in [-0.25, -0.2) is 4.98 Å². The molecule has 0 saturated carbocycles. The van der Waals surface area contributed by atoms with Crippen molar-refractivity contribution in [1.82, 2.24) is 9.97 Å². The summed E-state index contributed by atoms with van der Waals surface area (Å²) in [5.41, 5.74) is 3.29. The van der Waals surface area contributed by atoms with E-state index in [2.05, 4.69) is 29.0 Å². The summed E-state index contributed by atoms with van der Waals surface area (Å²) in [5, 5.41) is 0.703. The van der Waals surface area contributed by atoms with Crippen molar-refractivity contribution in [2.24, 2.45) is 0 Å². The summed E-state index contributed by atoms with van der Waals surface area (Å²) in [6.45, 7) is 4.08. The van der Waals surface area contributed by atoms with Crippen LogP contribution in [0.5, 0.6) is 17.4 Å². The minimum absolute atomic E-state index is 0.568. The first-order valence-electron chi connectivity index (χ1n) is 8.54. The molecule has 0 aliphatic rings. The summed E-state index contributed by atoms with van der Waals surface area (Å²) in [6, 6.07) is 18.0. The molecule has 0 aliphatic heterocycles. The topological polar surface area (TPSA) is 44.2 Å². The standard InChI is InChI=1S/C21H22N2O2S/c1-4-16-7-5-10-19(12-16)25-20-11-15(2)22-21(23-20)26-14-17-8-6-9-18(13-17)24-3/h5-13H,4,14H2,1-3H3. The summed E-state index contributed by atoms with van der Waals surface area (Å²) in [6.07, 6.45) is 0.974. The van der Waals surface area contributed by atoms with Crippen LogP contribution in [0.25, 0.3) is 0 Å². The number of rotatable bonds is 7. The molecule has 0 amide bonds. The molecule has 26 heavy (non-hydrogen) atoms. The van der Waals surface area contributed by atoms with Gasteiger partial charge in [-0.1, -0.05) is 43.0 Å². The van der Waals surface area contributed by atoms with Crippen molar-refractivity contribution in [1.29, 1.82) is 0 Å². The van der Waals surface area contributed by atoms with E-state index in [4.69, 9.17) is 9.47 Å². The second kappa shape index (κ2) is 8.72. The van der Waals surface area contributed by atoms with Crippen LogP contribution in [0, 0.1) is 6.92 Å². The molecule has 1 aromatic heterocycles. The molecule has 0 fully saturated rings. The molecule has 5 heteroatoms. The van der Waals surface area contributed by atoms with Crippen LogP contribution >= 0.6 is 11.8 Å². The molecule has 3 aromatic rings. The molecule has 0 atom stereocenters. The Balaban J connectivity index is 1.72. The first kappa shape index (κ1) is 18.3. The van der Waals surface area contributed by atoms with Gasteiger partial charge < -0.3 is 9.47 Å². The molecule has 4 nitrogen and oxygen atoms in total. The summed E-state index contributed by atoms with van der Waals surface area (Å²) < 4.78 is 11.2. The Hall–Kier alpha value is -2.53. The molecule has 0 unspecified atom stereocenters. The summed E-state index contributed by atoms with van der Waals surface area (Å²) in [4.78, 5) is 9.05. The third-order valence-corrected chi connectivity index (χ3v) is 4.76. The van der Waals surface area contributed by atoms with Gasteiger partial charge in [-0.05, 0) is 48.7 Å². The summed E-state index contributed by atoms with van der Waals surface area (Å²) in [5.74, 6) is 2.99. The zero-order valence-electron chi connectivity index (χ0n) is 15.2. The van der Waals surface area contributed by atoms with Crippen molar-refractivity contribution in [2.75, 3.05) is 7.11 Å². The number of benzene rings is 2. The van der Waals surface area contributed by atoms with E-state index >= 15 is 0 Å². The average molecular weight is 366 g/mol. The molecule has 3 rings (SSSR count). The number of hydrogen-bond acceptors (Lipinski definition) is 5. The van der Waals surface area contributed by atoms with Crippen LogP contribution in [0.1, 0.15) is 23.7 Å². The van der Waals surface area contributed by atoms with Gasteiger partial charge in [-0.15, -0.1) is 0 Å². The SMILES string of the molecule is CCc1cccc(Oc2cc(C)nc(SCc3cccc(OC)c3)n2)c1. The molecular weight excluding hydrogens is 344 g/mol. The maximum Gasteiger partial charge on any atom is 0.223 e. The van der Waals surface area contributed by atoms with Gasteiger partial charge >= 0.3 is 0 Å². The van der Waals surface area contributed by atoms with Crippen molar-refractivity contribution in [3.8, 4) is 17.4 Å². The molecule has 0 radical (unpaired) electrons. The predicted octanol–water partition coefficient (Wildman–Crippen LogP) is 5.44. The van der Waals surface area contributed by atoms with Gasteiger partial charge in [0.2, 0.25) is 5.88 Å². The van der Waals surface area contributed by atoms with E-state index in [1.165, 1.54) is 5.56 Å². The highest BCUT2D eigenvalue weighted by molar-refractivity contribution is 7.98. The van der Waals surface area contributed by atoms with Crippen molar-refractivity contribution in [3.05, 3.63) is 71.4 Å². The van der Waals surface area contributed by atoms with Gasteiger partial charge in [-0.3, -0.25) is 0 Å². The van der Waals surface area contributed by atoms with Crippen LogP contribution in [-0.4, -0.2) is 17.1 Å². The molecule has 0 spiro atoms. The number of nitrogens with zero attached hydrogens (tertiary/aromatic N) is 2. The first-order valence-corrected chi connectivity index (χ1v) is 9.53. The fourth-order valence-corrected chi connectivity index (χ4v) is 3.33. The molecule has 0 saturated heterocycles. The van der Waals surface area contributed by atoms with Gasteiger partial charge in [0.15, 0.2) is 5.16 Å². The van der Waals surface area contributed by atoms with Crippen LogP contribution in [0.4, 0.5) is 0 Å². The Morgan fingerprint density at radius 1 is 0.923 bits per heavy atom. The largest absolute Gasteiger partial charge is 0.497 e. The lowest BCUT2D eigenvalue weighted by Crippen LogP contribution is -1.96. The number of thioether (sulfide) groups is 1. The van der Waals surface area contributed by atoms with Crippen LogP contribution in [-0.2, 0) is 12.2 Å². The lowest BCUT2D eigenvalue weighted by atomic mass is 10.2. The van der Waals surface area contributed by atoms with Crippen molar-refractivity contribution >= 4 is 11.8 Å². The minimum Gasteiger partial charge on any atom is -0.497 e. The van der Waals surface area contributed by atoms with Gasteiger partial charge in [0.25, 0.3) is 0 Å². The smallest absolute Gasteiger partial charge is 0.223 e. The Labute approximate surface area is 158 Å². The Morgan fingerprint density at radius 3 is 2.42 bits per heavy atom. The lowest BCUT2D eigenvalue weighted by Gasteiger charge is -2.09. The average Bonchev–Trinajstić information content (AvgIpc) is 2.66. The third kappa shape index (κ3) is 4.99. The molecule has 0 N–H and O–H groups in total. The number of ether oxygens (including phenoxy) is 2. The highest BCUT2D eigenvalue weighted by atomic mass is 32.2. The van der Waals surface area contributed by atoms with Crippen LogP contribution < -0.4 is 9.47 Å².